The lowest BCUT2D eigenvalue weighted by atomic mass is 10.1. The number of hydrogen-bond donors (Lipinski definition) is 2. The first-order valence-electron chi connectivity index (χ1n) is 5.97. The Labute approximate surface area is 122 Å². The number of amides is 1. The Kier molecular flexibility index (Phi) is 7.60. The summed E-state index contributed by atoms with van der Waals surface area (Å²) in [7, 11) is 0. The standard InChI is InChI=1S/C13H17F3N2O.ClH/c1-9(17)2-7-12(19)18-8-10-3-5-11(6-4-10)13(14,15)16;/h3-6,9H,2,7-8,17H2,1H3,(H,18,19);1H. The summed E-state index contributed by atoms with van der Waals surface area (Å²) in [4.78, 5) is 11.4. The van der Waals surface area contributed by atoms with Gasteiger partial charge in [0, 0.05) is 19.0 Å². The van der Waals surface area contributed by atoms with Crippen LogP contribution in [-0.2, 0) is 17.5 Å². The van der Waals surface area contributed by atoms with Crippen molar-refractivity contribution < 1.29 is 18.0 Å². The highest BCUT2D eigenvalue weighted by atomic mass is 35.5. The molecular weight excluding hydrogens is 293 g/mol. The van der Waals surface area contributed by atoms with E-state index in [0.29, 0.717) is 18.4 Å². The van der Waals surface area contributed by atoms with Crippen LogP contribution in [0.25, 0.3) is 0 Å². The Morgan fingerprint density at radius 1 is 1.30 bits per heavy atom. The molecule has 3 N–H and O–H groups in total. The van der Waals surface area contributed by atoms with Crippen molar-refractivity contribution in [1.29, 1.82) is 0 Å². The number of alkyl halides is 3. The molecule has 0 heterocycles. The van der Waals surface area contributed by atoms with Gasteiger partial charge in [-0.1, -0.05) is 12.1 Å². The minimum absolute atomic E-state index is 0. The molecule has 1 aromatic carbocycles. The molecule has 1 aromatic rings. The van der Waals surface area contributed by atoms with Gasteiger partial charge in [0.25, 0.3) is 0 Å². The second-order valence-corrected chi connectivity index (χ2v) is 4.49. The average Bonchev–Trinajstić information content (AvgIpc) is 2.33. The van der Waals surface area contributed by atoms with Crippen LogP contribution in [0.2, 0.25) is 0 Å². The van der Waals surface area contributed by atoms with Gasteiger partial charge in [0.2, 0.25) is 5.91 Å². The van der Waals surface area contributed by atoms with E-state index in [-0.39, 0.29) is 30.9 Å². The number of nitrogens with one attached hydrogen (secondary N) is 1. The second kappa shape index (κ2) is 8.11. The Bertz CT molecular complexity index is 419. The van der Waals surface area contributed by atoms with Gasteiger partial charge in [-0.25, -0.2) is 0 Å². The molecule has 0 fully saturated rings. The lowest BCUT2D eigenvalue weighted by molar-refractivity contribution is -0.137. The Balaban J connectivity index is 0.00000361. The Morgan fingerprint density at radius 3 is 2.30 bits per heavy atom. The van der Waals surface area contributed by atoms with Crippen LogP contribution in [0.5, 0.6) is 0 Å². The predicted molar refractivity (Wildman–Crippen MR) is 73.4 cm³/mol. The number of nitrogens with two attached hydrogens (primary N) is 1. The molecule has 20 heavy (non-hydrogen) atoms. The van der Waals surface area contributed by atoms with E-state index in [1.165, 1.54) is 12.1 Å². The van der Waals surface area contributed by atoms with Gasteiger partial charge in [-0.15, -0.1) is 12.4 Å². The van der Waals surface area contributed by atoms with Crippen molar-refractivity contribution in [2.45, 2.75) is 38.5 Å². The molecule has 0 aliphatic carbocycles. The average molecular weight is 311 g/mol. The number of benzene rings is 1. The molecule has 0 aliphatic rings. The SMILES string of the molecule is CC(N)CCC(=O)NCc1ccc(C(F)(F)F)cc1.Cl. The molecule has 0 aromatic heterocycles. The first-order chi connectivity index (χ1) is 8.79. The van der Waals surface area contributed by atoms with Crippen molar-refractivity contribution in [3.05, 3.63) is 35.4 Å². The highest BCUT2D eigenvalue weighted by Crippen LogP contribution is 2.28. The van der Waals surface area contributed by atoms with Crippen LogP contribution in [0, 0.1) is 0 Å². The third kappa shape index (κ3) is 6.77. The molecule has 0 radical (unpaired) electrons. The van der Waals surface area contributed by atoms with Crippen LogP contribution in [0.4, 0.5) is 13.2 Å². The van der Waals surface area contributed by atoms with Crippen molar-refractivity contribution in [2.75, 3.05) is 0 Å². The van der Waals surface area contributed by atoms with E-state index in [1.54, 1.807) is 0 Å². The topological polar surface area (TPSA) is 55.1 Å². The van der Waals surface area contributed by atoms with Gasteiger partial charge in [-0.2, -0.15) is 13.2 Å². The van der Waals surface area contributed by atoms with Crippen LogP contribution in [0.3, 0.4) is 0 Å². The summed E-state index contributed by atoms with van der Waals surface area (Å²) < 4.78 is 37.0. The minimum Gasteiger partial charge on any atom is -0.352 e. The normalized spacial score (nSPS) is 12.4. The summed E-state index contributed by atoms with van der Waals surface area (Å²) in [6, 6.07) is 4.67. The zero-order valence-corrected chi connectivity index (χ0v) is 11.9. The van der Waals surface area contributed by atoms with Gasteiger partial charge in [0.05, 0.1) is 5.56 Å². The molecule has 0 saturated carbocycles. The van der Waals surface area contributed by atoms with E-state index >= 15 is 0 Å². The largest absolute Gasteiger partial charge is 0.416 e. The molecule has 114 valence electrons. The van der Waals surface area contributed by atoms with Gasteiger partial charge < -0.3 is 11.1 Å². The molecular formula is C13H18ClF3N2O. The molecule has 0 aliphatic heterocycles. The maximum absolute atomic E-state index is 12.3. The zero-order valence-electron chi connectivity index (χ0n) is 11.0. The molecule has 1 amide bonds. The Morgan fingerprint density at radius 2 is 1.85 bits per heavy atom. The molecule has 0 bridgehead atoms. The van der Waals surface area contributed by atoms with E-state index in [1.807, 2.05) is 6.92 Å². The number of carbonyl (C=O) groups is 1. The molecule has 0 spiro atoms. The maximum Gasteiger partial charge on any atom is 0.416 e. The van der Waals surface area contributed by atoms with E-state index in [0.717, 1.165) is 12.1 Å². The number of halogens is 4. The van der Waals surface area contributed by atoms with Crippen LogP contribution >= 0.6 is 12.4 Å². The smallest absolute Gasteiger partial charge is 0.352 e. The Hall–Kier alpha value is -1.27. The quantitative estimate of drug-likeness (QED) is 0.878. The van der Waals surface area contributed by atoms with Crippen LogP contribution in [0.15, 0.2) is 24.3 Å². The summed E-state index contributed by atoms with van der Waals surface area (Å²) in [6.45, 7) is 2.03. The summed E-state index contributed by atoms with van der Waals surface area (Å²) in [5.74, 6) is -0.155. The molecule has 0 saturated heterocycles. The van der Waals surface area contributed by atoms with Gasteiger partial charge >= 0.3 is 6.18 Å². The molecule has 1 atom stereocenters. The lowest BCUT2D eigenvalue weighted by Gasteiger charge is -2.09. The van der Waals surface area contributed by atoms with Gasteiger partial charge in [0.15, 0.2) is 0 Å². The molecule has 3 nitrogen and oxygen atoms in total. The van der Waals surface area contributed by atoms with E-state index in [4.69, 9.17) is 5.73 Å². The van der Waals surface area contributed by atoms with Gasteiger partial charge in [-0.05, 0) is 31.0 Å². The van der Waals surface area contributed by atoms with Crippen molar-refractivity contribution in [1.82, 2.24) is 5.32 Å². The summed E-state index contributed by atoms with van der Waals surface area (Å²) in [5.41, 5.74) is 5.45. The molecule has 1 unspecified atom stereocenters. The molecule has 1 rings (SSSR count). The van der Waals surface area contributed by atoms with Crippen molar-refractivity contribution in [3.63, 3.8) is 0 Å². The fraction of sp³-hybridized carbons (Fsp3) is 0.462. The monoisotopic (exact) mass is 310 g/mol. The van der Waals surface area contributed by atoms with E-state index < -0.39 is 11.7 Å². The highest BCUT2D eigenvalue weighted by Gasteiger charge is 2.29. The number of rotatable bonds is 5. The summed E-state index contributed by atoms with van der Waals surface area (Å²) >= 11 is 0. The number of carbonyl (C=O) groups excluding carboxylic acids is 1. The van der Waals surface area contributed by atoms with E-state index in [9.17, 15) is 18.0 Å². The third-order valence-corrected chi connectivity index (χ3v) is 2.60. The van der Waals surface area contributed by atoms with Crippen molar-refractivity contribution in [2.24, 2.45) is 5.73 Å². The van der Waals surface area contributed by atoms with Crippen LogP contribution < -0.4 is 11.1 Å². The van der Waals surface area contributed by atoms with E-state index in [2.05, 4.69) is 5.32 Å². The minimum atomic E-state index is -4.33. The van der Waals surface area contributed by atoms with Crippen molar-refractivity contribution in [3.8, 4) is 0 Å². The molecule has 7 heteroatoms. The first-order valence-corrected chi connectivity index (χ1v) is 5.97. The second-order valence-electron chi connectivity index (χ2n) is 4.49. The summed E-state index contributed by atoms with van der Waals surface area (Å²) in [6.07, 6.45) is -3.43. The van der Waals surface area contributed by atoms with Gasteiger partial charge in [0.1, 0.15) is 0 Å². The van der Waals surface area contributed by atoms with Gasteiger partial charge in [-0.3, -0.25) is 4.79 Å². The lowest BCUT2D eigenvalue weighted by Crippen LogP contribution is -2.25. The summed E-state index contributed by atoms with van der Waals surface area (Å²) in [5, 5.41) is 2.64. The predicted octanol–water partition coefficient (Wildman–Crippen LogP) is 2.87. The van der Waals surface area contributed by atoms with Crippen LogP contribution in [0.1, 0.15) is 30.9 Å². The highest BCUT2D eigenvalue weighted by molar-refractivity contribution is 5.85. The van der Waals surface area contributed by atoms with Crippen molar-refractivity contribution >= 4 is 18.3 Å². The third-order valence-electron chi connectivity index (χ3n) is 2.60. The number of hydrogen-bond acceptors (Lipinski definition) is 2. The maximum atomic E-state index is 12.3. The zero-order chi connectivity index (χ0) is 14.5. The fourth-order valence-corrected chi connectivity index (χ4v) is 1.46. The fourth-order valence-electron chi connectivity index (χ4n) is 1.46. The first kappa shape index (κ1) is 18.7. The van der Waals surface area contributed by atoms with Crippen LogP contribution in [-0.4, -0.2) is 11.9 Å².